The van der Waals surface area contributed by atoms with Crippen LogP contribution in [-0.4, -0.2) is 10.9 Å². The van der Waals surface area contributed by atoms with Crippen molar-refractivity contribution in [1.29, 1.82) is 0 Å². The molecule has 140 valence electrons. The molecule has 0 bridgehead atoms. The van der Waals surface area contributed by atoms with Crippen molar-refractivity contribution in [1.82, 2.24) is 4.98 Å². The Morgan fingerprint density at radius 3 is 2.50 bits per heavy atom. The lowest BCUT2D eigenvalue weighted by Gasteiger charge is -2.05. The number of hydrogen-bond acceptors (Lipinski definition) is 3. The number of amides is 1. The average Bonchev–Trinajstić information content (AvgIpc) is 3.16. The maximum absolute atomic E-state index is 12.4. The third kappa shape index (κ3) is 4.12. The molecular formula is C24H22N2OS. The smallest absolute Gasteiger partial charge is 0.230 e. The molecule has 4 aromatic rings. The summed E-state index contributed by atoms with van der Waals surface area (Å²) in [5.74, 6) is 0.459. The second kappa shape index (κ2) is 7.95. The summed E-state index contributed by atoms with van der Waals surface area (Å²) in [4.78, 5) is 17.0. The van der Waals surface area contributed by atoms with Gasteiger partial charge in [0.15, 0.2) is 5.13 Å². The van der Waals surface area contributed by atoms with E-state index in [9.17, 15) is 4.79 Å². The molecule has 0 radical (unpaired) electrons. The first kappa shape index (κ1) is 18.4. The van der Waals surface area contributed by atoms with Gasteiger partial charge in [0.05, 0.1) is 12.1 Å². The molecule has 0 aliphatic carbocycles. The molecule has 4 rings (SSSR count). The molecule has 3 nitrogen and oxygen atoms in total. The first-order valence-corrected chi connectivity index (χ1v) is 10.3. The quantitative estimate of drug-likeness (QED) is 0.439. The van der Waals surface area contributed by atoms with Crippen molar-refractivity contribution in [3.8, 4) is 11.3 Å². The molecule has 0 aliphatic heterocycles. The van der Waals surface area contributed by atoms with Gasteiger partial charge in [-0.05, 0) is 27.8 Å². The molecular weight excluding hydrogens is 364 g/mol. The zero-order chi connectivity index (χ0) is 19.5. The van der Waals surface area contributed by atoms with Crippen molar-refractivity contribution in [2.75, 3.05) is 5.32 Å². The number of fused-ring (bicyclic) bond motifs is 1. The molecule has 0 fully saturated rings. The van der Waals surface area contributed by atoms with Crippen LogP contribution in [0, 0.1) is 0 Å². The van der Waals surface area contributed by atoms with Crippen molar-refractivity contribution in [2.24, 2.45) is 0 Å². The number of rotatable bonds is 5. The van der Waals surface area contributed by atoms with Crippen LogP contribution in [-0.2, 0) is 11.2 Å². The molecule has 28 heavy (non-hydrogen) atoms. The third-order valence-electron chi connectivity index (χ3n) is 4.80. The Hall–Kier alpha value is -2.98. The lowest BCUT2D eigenvalue weighted by atomic mass is 10.0. The standard InChI is InChI=1S/C24H22N2OS/c1-16(2)18-9-11-20(12-10-18)22-15-28-24(25-22)26-23(27)14-17-7-8-19-5-3-4-6-21(19)13-17/h3-13,15-16H,14H2,1-2H3,(H,25,26,27). The van der Waals surface area contributed by atoms with Crippen molar-refractivity contribution < 1.29 is 4.79 Å². The fourth-order valence-electron chi connectivity index (χ4n) is 3.20. The molecule has 1 heterocycles. The highest BCUT2D eigenvalue weighted by molar-refractivity contribution is 7.14. The van der Waals surface area contributed by atoms with Gasteiger partial charge in [-0.15, -0.1) is 11.3 Å². The van der Waals surface area contributed by atoms with Crippen LogP contribution in [0.1, 0.15) is 30.9 Å². The number of thiazole rings is 1. The maximum atomic E-state index is 12.4. The van der Waals surface area contributed by atoms with Crippen LogP contribution in [0.5, 0.6) is 0 Å². The monoisotopic (exact) mass is 386 g/mol. The largest absolute Gasteiger partial charge is 0.302 e. The summed E-state index contributed by atoms with van der Waals surface area (Å²) in [6.45, 7) is 4.36. The summed E-state index contributed by atoms with van der Waals surface area (Å²) < 4.78 is 0. The van der Waals surface area contributed by atoms with Gasteiger partial charge in [-0.3, -0.25) is 4.79 Å². The number of nitrogens with one attached hydrogen (secondary N) is 1. The van der Waals surface area contributed by atoms with Gasteiger partial charge in [0.2, 0.25) is 5.91 Å². The fraction of sp³-hybridized carbons (Fsp3) is 0.167. The molecule has 0 aliphatic rings. The summed E-state index contributed by atoms with van der Waals surface area (Å²) in [6.07, 6.45) is 0.336. The first-order valence-electron chi connectivity index (χ1n) is 9.42. The molecule has 0 saturated heterocycles. The molecule has 0 atom stereocenters. The fourth-order valence-corrected chi connectivity index (χ4v) is 3.94. The number of carbonyl (C=O) groups is 1. The zero-order valence-corrected chi connectivity index (χ0v) is 16.8. The molecule has 1 N–H and O–H groups in total. The number of anilines is 1. The number of benzene rings is 3. The molecule has 1 aromatic heterocycles. The lowest BCUT2D eigenvalue weighted by Crippen LogP contribution is -2.14. The van der Waals surface area contributed by atoms with Crippen LogP contribution < -0.4 is 5.32 Å². The minimum Gasteiger partial charge on any atom is -0.302 e. The minimum atomic E-state index is -0.0497. The van der Waals surface area contributed by atoms with Gasteiger partial charge in [-0.2, -0.15) is 0 Å². The van der Waals surface area contributed by atoms with E-state index in [-0.39, 0.29) is 5.91 Å². The highest BCUT2D eigenvalue weighted by Gasteiger charge is 2.10. The van der Waals surface area contributed by atoms with Gasteiger partial charge in [0, 0.05) is 10.9 Å². The van der Waals surface area contributed by atoms with E-state index < -0.39 is 0 Å². The SMILES string of the molecule is CC(C)c1ccc(-c2csc(NC(=O)Cc3ccc4ccccc4c3)n2)cc1. The molecule has 3 aromatic carbocycles. The van der Waals surface area contributed by atoms with E-state index in [4.69, 9.17) is 0 Å². The maximum Gasteiger partial charge on any atom is 0.230 e. The van der Waals surface area contributed by atoms with E-state index in [1.807, 2.05) is 23.6 Å². The van der Waals surface area contributed by atoms with Crippen LogP contribution >= 0.6 is 11.3 Å². The number of hydrogen-bond donors (Lipinski definition) is 1. The van der Waals surface area contributed by atoms with Crippen LogP contribution in [0.25, 0.3) is 22.0 Å². The Morgan fingerprint density at radius 2 is 1.75 bits per heavy atom. The average molecular weight is 387 g/mol. The summed E-state index contributed by atoms with van der Waals surface area (Å²) in [5, 5.41) is 7.87. The summed E-state index contributed by atoms with van der Waals surface area (Å²) in [6, 6.07) is 22.7. The van der Waals surface area contributed by atoms with Crippen molar-refractivity contribution in [2.45, 2.75) is 26.2 Å². The third-order valence-corrected chi connectivity index (χ3v) is 5.56. The van der Waals surface area contributed by atoms with Crippen LogP contribution in [0.15, 0.2) is 72.1 Å². The van der Waals surface area contributed by atoms with E-state index in [0.29, 0.717) is 17.5 Å². The molecule has 1 amide bonds. The summed E-state index contributed by atoms with van der Waals surface area (Å²) in [7, 11) is 0. The second-order valence-electron chi connectivity index (χ2n) is 7.22. The second-order valence-corrected chi connectivity index (χ2v) is 8.08. The van der Waals surface area contributed by atoms with Gasteiger partial charge >= 0.3 is 0 Å². The highest BCUT2D eigenvalue weighted by atomic mass is 32.1. The number of aromatic nitrogens is 1. The van der Waals surface area contributed by atoms with Gasteiger partial charge in [-0.1, -0.05) is 80.6 Å². The van der Waals surface area contributed by atoms with Crippen LogP contribution in [0.2, 0.25) is 0 Å². The number of carbonyl (C=O) groups excluding carboxylic acids is 1. The number of nitrogens with zero attached hydrogens (tertiary/aromatic N) is 1. The predicted molar refractivity (Wildman–Crippen MR) is 118 cm³/mol. The van der Waals surface area contributed by atoms with E-state index in [0.717, 1.165) is 22.2 Å². The van der Waals surface area contributed by atoms with Gasteiger partial charge < -0.3 is 5.32 Å². The lowest BCUT2D eigenvalue weighted by molar-refractivity contribution is -0.115. The highest BCUT2D eigenvalue weighted by Crippen LogP contribution is 2.26. The van der Waals surface area contributed by atoms with Gasteiger partial charge in [-0.25, -0.2) is 4.98 Å². The van der Waals surface area contributed by atoms with Crippen molar-refractivity contribution >= 4 is 33.1 Å². The Bertz CT molecular complexity index is 1110. The van der Waals surface area contributed by atoms with Crippen LogP contribution in [0.4, 0.5) is 5.13 Å². The van der Waals surface area contributed by atoms with Crippen LogP contribution in [0.3, 0.4) is 0 Å². The normalized spacial score (nSPS) is 11.1. The Morgan fingerprint density at radius 1 is 1.00 bits per heavy atom. The molecule has 4 heteroatoms. The Labute approximate surface area is 169 Å². The van der Waals surface area contributed by atoms with E-state index in [2.05, 4.69) is 72.7 Å². The van der Waals surface area contributed by atoms with E-state index >= 15 is 0 Å². The molecule has 0 unspecified atom stereocenters. The van der Waals surface area contributed by atoms with Gasteiger partial charge in [0.25, 0.3) is 0 Å². The zero-order valence-electron chi connectivity index (χ0n) is 16.0. The van der Waals surface area contributed by atoms with E-state index in [1.165, 1.54) is 22.3 Å². The van der Waals surface area contributed by atoms with Crippen molar-refractivity contribution in [3.63, 3.8) is 0 Å². The molecule has 0 saturated carbocycles. The minimum absolute atomic E-state index is 0.0497. The Balaban J connectivity index is 1.43. The predicted octanol–water partition coefficient (Wildman–Crippen LogP) is 6.27. The summed E-state index contributed by atoms with van der Waals surface area (Å²) in [5.41, 5.74) is 4.26. The molecule has 0 spiro atoms. The summed E-state index contributed by atoms with van der Waals surface area (Å²) >= 11 is 1.45. The van der Waals surface area contributed by atoms with Crippen molar-refractivity contribution in [3.05, 3.63) is 83.2 Å². The Kier molecular flexibility index (Phi) is 5.22. The van der Waals surface area contributed by atoms with E-state index in [1.54, 1.807) is 0 Å². The topological polar surface area (TPSA) is 42.0 Å². The first-order chi connectivity index (χ1) is 13.6. The van der Waals surface area contributed by atoms with Gasteiger partial charge in [0.1, 0.15) is 0 Å².